The number of hydrogen-bond donors (Lipinski definition) is 4. The van der Waals surface area contributed by atoms with Crippen LogP contribution in [-0.4, -0.2) is 96.0 Å². The molecule has 1 fully saturated rings. The van der Waals surface area contributed by atoms with Crippen LogP contribution in [0.5, 0.6) is 0 Å². The molecule has 1 aliphatic rings. The number of allylic oxidation sites excluding steroid dienone is 3. The highest BCUT2D eigenvalue weighted by Gasteiger charge is 2.46. The molecule has 13 heteroatoms. The van der Waals surface area contributed by atoms with Gasteiger partial charge in [-0.2, -0.15) is 8.42 Å². The smallest absolute Gasteiger partial charge is 0.306 e. The Balaban J connectivity index is 2.45. The average Bonchev–Trinajstić information content (AvgIpc) is 3.21. The zero-order chi connectivity index (χ0) is 44.1. The molecule has 60 heavy (non-hydrogen) atoms. The molecule has 1 saturated heterocycles. The Morgan fingerprint density at radius 3 is 1.55 bits per heavy atom. The Morgan fingerprint density at radius 2 is 1.05 bits per heavy atom. The van der Waals surface area contributed by atoms with E-state index in [0.29, 0.717) is 12.8 Å². The maximum Gasteiger partial charge on any atom is 0.306 e. The lowest BCUT2D eigenvalue weighted by Crippen LogP contribution is -2.60. The van der Waals surface area contributed by atoms with Gasteiger partial charge in [0, 0.05) is 12.8 Å². The molecule has 12 nitrogen and oxygen atoms in total. The highest BCUT2D eigenvalue weighted by molar-refractivity contribution is 7.85. The predicted molar refractivity (Wildman–Crippen MR) is 237 cm³/mol. The maximum atomic E-state index is 12.8. The Bertz CT molecular complexity index is 1260. The quantitative estimate of drug-likeness (QED) is 0.0151. The monoisotopic (exact) mass is 873 g/mol. The standard InChI is InChI=1S/C47H84O12S/c1-3-5-7-9-11-13-15-17-19-20-22-24-26-28-30-32-34-36-43(49)58-40(38-57-47-46(52)45(51)44(50)41(59-47)39-60(53,54)55)37-56-42(48)35-33-31-29-27-25-23-21-18-16-14-12-10-8-6-4-2/h16-17,19,21,40-41,44-47,50-52H,3-15,20,22-39H2,1-2H3,(H,53,54,55)/b19-17+/t18?,40-,41-,44-,45?,46?,47+/m1/s1. The molecule has 0 saturated carbocycles. The molecule has 4 N–H and O–H groups in total. The number of unbranched alkanes of at least 4 members (excludes halogenated alkanes) is 23. The van der Waals surface area contributed by atoms with Crippen LogP contribution >= 0.6 is 0 Å². The SMILES string of the molecule is CCCCCCCC=C=CCCCCCCCC(=O)OC[C@H](CO[C@H]1O[C@H](CS(=O)(=O)O)[C@@H](O)C(O)C1O)OC(=O)CCCCCCCCC/C=C/CCCCCCCC. The first-order valence-electron chi connectivity index (χ1n) is 23.6. The van der Waals surface area contributed by atoms with E-state index < -0.39 is 71.2 Å². The lowest BCUT2D eigenvalue weighted by molar-refractivity contribution is -0.297. The third-order valence-corrected chi connectivity index (χ3v) is 11.5. The third kappa shape index (κ3) is 31.7. The minimum absolute atomic E-state index is 0.156. The van der Waals surface area contributed by atoms with Gasteiger partial charge in [0.2, 0.25) is 0 Å². The van der Waals surface area contributed by atoms with E-state index in [1.807, 2.05) is 0 Å². The highest BCUT2D eigenvalue weighted by Crippen LogP contribution is 2.24. The number of ether oxygens (including phenoxy) is 4. The fraction of sp³-hybridized carbons (Fsp3) is 0.851. The van der Waals surface area contributed by atoms with Crippen LogP contribution in [0.3, 0.4) is 0 Å². The molecule has 0 aromatic rings. The van der Waals surface area contributed by atoms with Crippen LogP contribution < -0.4 is 0 Å². The summed E-state index contributed by atoms with van der Waals surface area (Å²) in [5.74, 6) is -2.01. The van der Waals surface area contributed by atoms with Crippen molar-refractivity contribution in [2.24, 2.45) is 0 Å². The molecule has 0 radical (unpaired) electrons. The first kappa shape index (κ1) is 55.9. The van der Waals surface area contributed by atoms with E-state index in [2.05, 4.69) is 43.9 Å². The molecule has 0 bridgehead atoms. The van der Waals surface area contributed by atoms with Gasteiger partial charge in [0.05, 0.1) is 6.61 Å². The molecule has 0 spiro atoms. The molecule has 1 heterocycles. The van der Waals surface area contributed by atoms with Gasteiger partial charge in [-0.15, -0.1) is 5.73 Å². The van der Waals surface area contributed by atoms with Crippen LogP contribution in [0.2, 0.25) is 0 Å². The normalized spacial score (nSPS) is 19.9. The summed E-state index contributed by atoms with van der Waals surface area (Å²) in [4.78, 5) is 25.4. The van der Waals surface area contributed by atoms with Crippen LogP contribution in [0, 0.1) is 0 Å². The molecular weight excluding hydrogens is 789 g/mol. The summed E-state index contributed by atoms with van der Waals surface area (Å²) in [5, 5.41) is 30.9. The molecule has 6 atom stereocenters. The van der Waals surface area contributed by atoms with Crippen molar-refractivity contribution in [3.63, 3.8) is 0 Å². The number of aliphatic hydroxyl groups is 3. The van der Waals surface area contributed by atoms with Gasteiger partial charge in [-0.1, -0.05) is 135 Å². The van der Waals surface area contributed by atoms with Crippen molar-refractivity contribution in [1.82, 2.24) is 0 Å². The topological polar surface area (TPSA) is 186 Å². The molecule has 0 amide bonds. The summed E-state index contributed by atoms with van der Waals surface area (Å²) in [7, 11) is -4.60. The Kier molecular flexibility index (Phi) is 34.9. The van der Waals surface area contributed by atoms with Crippen LogP contribution in [0.1, 0.15) is 200 Å². The molecule has 1 aliphatic heterocycles. The molecule has 0 aromatic carbocycles. The Labute approximate surface area is 363 Å². The van der Waals surface area contributed by atoms with Gasteiger partial charge in [-0.25, -0.2) is 0 Å². The van der Waals surface area contributed by atoms with E-state index in [4.69, 9.17) is 18.9 Å². The van der Waals surface area contributed by atoms with E-state index >= 15 is 0 Å². The van der Waals surface area contributed by atoms with Crippen molar-refractivity contribution in [1.29, 1.82) is 0 Å². The van der Waals surface area contributed by atoms with Crippen molar-refractivity contribution >= 4 is 22.1 Å². The van der Waals surface area contributed by atoms with Crippen molar-refractivity contribution in [2.45, 2.75) is 237 Å². The van der Waals surface area contributed by atoms with Gasteiger partial charge in [-0.3, -0.25) is 14.1 Å². The van der Waals surface area contributed by atoms with Crippen molar-refractivity contribution < 1.29 is 56.8 Å². The Hall–Kier alpha value is -2.09. The molecule has 1 rings (SSSR count). The summed E-state index contributed by atoms with van der Waals surface area (Å²) in [6, 6.07) is 0. The Morgan fingerprint density at radius 1 is 0.600 bits per heavy atom. The van der Waals surface area contributed by atoms with E-state index in [0.717, 1.165) is 70.6 Å². The minimum Gasteiger partial charge on any atom is -0.462 e. The minimum atomic E-state index is -4.60. The largest absolute Gasteiger partial charge is 0.462 e. The lowest BCUT2D eigenvalue weighted by atomic mass is 10.00. The molecule has 0 aliphatic carbocycles. The number of carbonyl (C=O) groups excluding carboxylic acids is 2. The second-order valence-electron chi connectivity index (χ2n) is 16.5. The average molecular weight is 873 g/mol. The first-order chi connectivity index (χ1) is 29.0. The fourth-order valence-corrected chi connectivity index (χ4v) is 7.75. The maximum absolute atomic E-state index is 12.8. The van der Waals surface area contributed by atoms with Crippen LogP contribution in [0.15, 0.2) is 30.0 Å². The lowest BCUT2D eigenvalue weighted by Gasteiger charge is -2.40. The van der Waals surface area contributed by atoms with Gasteiger partial charge in [0.25, 0.3) is 10.1 Å². The van der Waals surface area contributed by atoms with Crippen molar-refractivity contribution in [3.05, 3.63) is 30.0 Å². The second kappa shape index (κ2) is 37.5. The number of hydrogen-bond acceptors (Lipinski definition) is 11. The van der Waals surface area contributed by atoms with Crippen LogP contribution in [-0.2, 0) is 38.7 Å². The van der Waals surface area contributed by atoms with Crippen molar-refractivity contribution in [3.8, 4) is 0 Å². The van der Waals surface area contributed by atoms with E-state index in [9.17, 15) is 37.9 Å². The zero-order valence-corrected chi connectivity index (χ0v) is 38.2. The number of rotatable bonds is 39. The highest BCUT2D eigenvalue weighted by atomic mass is 32.2. The fourth-order valence-electron chi connectivity index (χ4n) is 7.06. The number of esters is 2. The summed E-state index contributed by atoms with van der Waals surface area (Å²) in [5.41, 5.74) is 3.28. The summed E-state index contributed by atoms with van der Waals surface area (Å²) in [6.45, 7) is 3.73. The molecule has 0 aromatic heterocycles. The summed E-state index contributed by atoms with van der Waals surface area (Å²) in [6.07, 6.45) is 30.0. The molecular formula is C47H84O12S. The predicted octanol–water partition coefficient (Wildman–Crippen LogP) is 9.77. The van der Waals surface area contributed by atoms with Crippen molar-refractivity contribution in [2.75, 3.05) is 19.0 Å². The summed E-state index contributed by atoms with van der Waals surface area (Å²) < 4.78 is 54.1. The molecule has 350 valence electrons. The first-order valence-corrected chi connectivity index (χ1v) is 25.2. The van der Waals surface area contributed by atoms with Crippen LogP contribution in [0.25, 0.3) is 0 Å². The van der Waals surface area contributed by atoms with Gasteiger partial charge in [0.15, 0.2) is 12.4 Å². The van der Waals surface area contributed by atoms with Gasteiger partial charge in [0.1, 0.15) is 36.8 Å². The summed E-state index contributed by atoms with van der Waals surface area (Å²) >= 11 is 0. The number of carbonyl (C=O) groups is 2. The third-order valence-electron chi connectivity index (χ3n) is 10.8. The van der Waals surface area contributed by atoms with E-state index in [1.165, 1.54) is 89.9 Å². The van der Waals surface area contributed by atoms with Gasteiger partial charge < -0.3 is 34.3 Å². The van der Waals surface area contributed by atoms with Gasteiger partial charge >= 0.3 is 11.9 Å². The van der Waals surface area contributed by atoms with Gasteiger partial charge in [-0.05, 0) is 76.4 Å². The van der Waals surface area contributed by atoms with Crippen LogP contribution in [0.4, 0.5) is 0 Å². The second-order valence-corrected chi connectivity index (χ2v) is 18.0. The van der Waals surface area contributed by atoms with E-state index in [-0.39, 0.29) is 19.4 Å². The molecule has 2 unspecified atom stereocenters. The van der Waals surface area contributed by atoms with E-state index in [1.54, 1.807) is 0 Å². The number of aliphatic hydroxyl groups excluding tert-OH is 3. The zero-order valence-electron chi connectivity index (χ0n) is 37.4.